The minimum atomic E-state index is 0.122. The molecule has 0 bridgehead atoms. The standard InChI is InChI=1S/C11H10BrCl2N5/c1-2-15-10-17-9(14)18-11(19-10)16-6-3-4-7(12)8(13)5-6/h3-5H,2H2,1H3,(H2,15,16,17,18,19). The molecule has 0 amide bonds. The predicted octanol–water partition coefficient (Wildman–Crippen LogP) is 4.12. The van der Waals surface area contributed by atoms with Gasteiger partial charge in [-0.1, -0.05) is 11.6 Å². The smallest absolute Gasteiger partial charge is 0.233 e. The number of hydrogen-bond donors (Lipinski definition) is 2. The van der Waals surface area contributed by atoms with Gasteiger partial charge in [0.2, 0.25) is 17.2 Å². The zero-order valence-electron chi connectivity index (χ0n) is 9.91. The molecule has 100 valence electrons. The van der Waals surface area contributed by atoms with Gasteiger partial charge in [-0.2, -0.15) is 15.0 Å². The molecule has 5 nitrogen and oxygen atoms in total. The van der Waals surface area contributed by atoms with E-state index >= 15 is 0 Å². The van der Waals surface area contributed by atoms with Crippen LogP contribution in [0.25, 0.3) is 0 Å². The molecular formula is C11H10BrCl2N5. The Kier molecular flexibility index (Phi) is 4.79. The highest BCUT2D eigenvalue weighted by Gasteiger charge is 2.06. The molecule has 8 heteroatoms. The molecule has 0 atom stereocenters. The lowest BCUT2D eigenvalue weighted by molar-refractivity contribution is 1.02. The van der Waals surface area contributed by atoms with Crippen molar-refractivity contribution in [1.29, 1.82) is 0 Å². The van der Waals surface area contributed by atoms with E-state index in [0.29, 0.717) is 23.5 Å². The number of anilines is 3. The van der Waals surface area contributed by atoms with Gasteiger partial charge < -0.3 is 10.6 Å². The van der Waals surface area contributed by atoms with Gasteiger partial charge in [0.15, 0.2) is 0 Å². The van der Waals surface area contributed by atoms with Gasteiger partial charge in [0.25, 0.3) is 0 Å². The average Bonchev–Trinajstić information content (AvgIpc) is 2.33. The zero-order chi connectivity index (χ0) is 13.8. The van der Waals surface area contributed by atoms with Crippen molar-refractivity contribution in [3.63, 3.8) is 0 Å². The lowest BCUT2D eigenvalue weighted by atomic mass is 10.3. The molecule has 2 aromatic rings. The van der Waals surface area contributed by atoms with Gasteiger partial charge in [-0.05, 0) is 52.7 Å². The maximum atomic E-state index is 6.01. The van der Waals surface area contributed by atoms with Gasteiger partial charge in [-0.3, -0.25) is 0 Å². The van der Waals surface area contributed by atoms with E-state index in [2.05, 4.69) is 41.5 Å². The van der Waals surface area contributed by atoms with Crippen molar-refractivity contribution >= 4 is 56.7 Å². The van der Waals surface area contributed by atoms with Crippen molar-refractivity contribution < 1.29 is 0 Å². The molecule has 2 rings (SSSR count). The highest BCUT2D eigenvalue weighted by atomic mass is 79.9. The summed E-state index contributed by atoms with van der Waals surface area (Å²) in [5, 5.41) is 6.71. The van der Waals surface area contributed by atoms with Crippen LogP contribution in [0, 0.1) is 0 Å². The van der Waals surface area contributed by atoms with Crippen LogP contribution in [0.3, 0.4) is 0 Å². The predicted molar refractivity (Wildman–Crippen MR) is 81.4 cm³/mol. The van der Waals surface area contributed by atoms with E-state index in [1.807, 2.05) is 19.1 Å². The fourth-order valence-electron chi connectivity index (χ4n) is 1.35. The maximum absolute atomic E-state index is 6.01. The molecular weight excluding hydrogens is 353 g/mol. The van der Waals surface area contributed by atoms with Gasteiger partial charge in [0.05, 0.1) is 5.02 Å². The highest BCUT2D eigenvalue weighted by molar-refractivity contribution is 9.10. The Bertz CT molecular complexity index is 593. The SMILES string of the molecule is CCNc1nc(Cl)nc(Nc2ccc(Br)c(Cl)c2)n1. The van der Waals surface area contributed by atoms with Crippen LogP contribution < -0.4 is 10.6 Å². The Morgan fingerprint density at radius 3 is 2.58 bits per heavy atom. The molecule has 0 fully saturated rings. The lowest BCUT2D eigenvalue weighted by Gasteiger charge is -2.08. The van der Waals surface area contributed by atoms with Crippen LogP contribution in [0.4, 0.5) is 17.6 Å². The number of halogens is 3. The van der Waals surface area contributed by atoms with E-state index in [9.17, 15) is 0 Å². The Morgan fingerprint density at radius 1 is 1.16 bits per heavy atom. The van der Waals surface area contributed by atoms with Crippen LogP contribution in [-0.4, -0.2) is 21.5 Å². The van der Waals surface area contributed by atoms with Crippen molar-refractivity contribution in [2.75, 3.05) is 17.2 Å². The Labute approximate surface area is 128 Å². The van der Waals surface area contributed by atoms with Gasteiger partial charge in [0, 0.05) is 16.7 Å². The van der Waals surface area contributed by atoms with Gasteiger partial charge in [-0.15, -0.1) is 0 Å². The van der Waals surface area contributed by atoms with Gasteiger partial charge >= 0.3 is 0 Å². The Balaban J connectivity index is 2.24. The summed E-state index contributed by atoms with van der Waals surface area (Å²) in [6, 6.07) is 5.44. The normalized spacial score (nSPS) is 10.3. The molecule has 0 saturated heterocycles. The van der Waals surface area contributed by atoms with E-state index in [-0.39, 0.29) is 5.28 Å². The fraction of sp³-hybridized carbons (Fsp3) is 0.182. The molecule has 1 heterocycles. The zero-order valence-corrected chi connectivity index (χ0v) is 13.0. The van der Waals surface area contributed by atoms with Crippen LogP contribution in [0.1, 0.15) is 6.92 Å². The highest BCUT2D eigenvalue weighted by Crippen LogP contribution is 2.26. The molecule has 0 unspecified atom stereocenters. The Morgan fingerprint density at radius 2 is 1.89 bits per heavy atom. The summed E-state index contributed by atoms with van der Waals surface area (Å²) >= 11 is 15.2. The maximum Gasteiger partial charge on any atom is 0.233 e. The number of nitrogens with zero attached hydrogens (tertiary/aromatic N) is 3. The van der Waals surface area contributed by atoms with Gasteiger partial charge in [0.1, 0.15) is 0 Å². The summed E-state index contributed by atoms with van der Waals surface area (Å²) in [6.07, 6.45) is 0. The summed E-state index contributed by atoms with van der Waals surface area (Å²) in [6.45, 7) is 2.64. The summed E-state index contributed by atoms with van der Waals surface area (Å²) in [7, 11) is 0. The third kappa shape index (κ3) is 3.92. The van der Waals surface area contributed by atoms with Gasteiger partial charge in [-0.25, -0.2) is 0 Å². The van der Waals surface area contributed by atoms with Crippen LogP contribution >= 0.6 is 39.1 Å². The molecule has 0 radical (unpaired) electrons. The Hall–Kier alpha value is -1.11. The molecule has 0 spiro atoms. The number of aromatic nitrogens is 3. The first-order valence-corrected chi connectivity index (χ1v) is 7.01. The third-order valence-corrected chi connectivity index (χ3v) is 3.52. The van der Waals surface area contributed by atoms with Crippen molar-refractivity contribution in [2.45, 2.75) is 6.92 Å². The summed E-state index contributed by atoms with van der Waals surface area (Å²) in [5.74, 6) is 0.780. The van der Waals surface area contributed by atoms with Crippen molar-refractivity contribution in [3.8, 4) is 0 Å². The second kappa shape index (κ2) is 6.36. The van der Waals surface area contributed by atoms with E-state index < -0.39 is 0 Å². The van der Waals surface area contributed by atoms with Crippen molar-refractivity contribution in [2.24, 2.45) is 0 Å². The van der Waals surface area contributed by atoms with E-state index in [1.165, 1.54) is 0 Å². The monoisotopic (exact) mass is 361 g/mol. The largest absolute Gasteiger partial charge is 0.354 e. The molecule has 1 aromatic heterocycles. The number of benzene rings is 1. The minimum absolute atomic E-state index is 0.122. The summed E-state index contributed by atoms with van der Waals surface area (Å²) in [5.41, 5.74) is 0.762. The minimum Gasteiger partial charge on any atom is -0.354 e. The summed E-state index contributed by atoms with van der Waals surface area (Å²) < 4.78 is 0.821. The van der Waals surface area contributed by atoms with Crippen LogP contribution in [0.5, 0.6) is 0 Å². The van der Waals surface area contributed by atoms with Crippen LogP contribution in [0.2, 0.25) is 10.3 Å². The summed E-state index contributed by atoms with van der Waals surface area (Å²) in [4.78, 5) is 12.1. The first kappa shape index (κ1) is 14.3. The van der Waals surface area contributed by atoms with Crippen LogP contribution in [-0.2, 0) is 0 Å². The molecule has 0 aliphatic rings. The quantitative estimate of drug-likeness (QED) is 0.856. The van der Waals surface area contributed by atoms with E-state index in [0.717, 1.165) is 10.2 Å². The third-order valence-electron chi connectivity index (χ3n) is 2.12. The van der Waals surface area contributed by atoms with Crippen LogP contribution in [0.15, 0.2) is 22.7 Å². The molecule has 1 aromatic carbocycles. The van der Waals surface area contributed by atoms with E-state index in [1.54, 1.807) is 6.07 Å². The van der Waals surface area contributed by atoms with Crippen molar-refractivity contribution in [3.05, 3.63) is 33.0 Å². The number of nitrogens with one attached hydrogen (secondary N) is 2. The molecule has 19 heavy (non-hydrogen) atoms. The average molecular weight is 363 g/mol. The lowest BCUT2D eigenvalue weighted by Crippen LogP contribution is -2.06. The molecule has 0 aliphatic carbocycles. The second-order valence-electron chi connectivity index (χ2n) is 3.54. The van der Waals surface area contributed by atoms with Crippen molar-refractivity contribution in [1.82, 2.24) is 15.0 Å². The molecule has 0 saturated carbocycles. The first-order chi connectivity index (χ1) is 9.08. The van der Waals surface area contributed by atoms with E-state index in [4.69, 9.17) is 23.2 Å². The molecule has 0 aliphatic heterocycles. The number of hydrogen-bond acceptors (Lipinski definition) is 5. The topological polar surface area (TPSA) is 62.7 Å². The second-order valence-corrected chi connectivity index (χ2v) is 5.14. The number of rotatable bonds is 4. The first-order valence-electron chi connectivity index (χ1n) is 5.46. The molecule has 2 N–H and O–H groups in total. The fourth-order valence-corrected chi connectivity index (χ4v) is 1.93.